The highest BCUT2D eigenvalue weighted by Crippen LogP contribution is 2.27. The third-order valence-corrected chi connectivity index (χ3v) is 3.75. The average Bonchev–Trinajstić information content (AvgIpc) is 2.81. The lowest BCUT2D eigenvalue weighted by Crippen LogP contribution is -2.39. The molecule has 2 aromatic heterocycles. The van der Waals surface area contributed by atoms with E-state index in [-0.39, 0.29) is 17.7 Å². The van der Waals surface area contributed by atoms with E-state index in [0.29, 0.717) is 18.8 Å². The molecule has 0 bridgehead atoms. The maximum absolute atomic E-state index is 11.9. The summed E-state index contributed by atoms with van der Waals surface area (Å²) in [5.74, 6) is -0.392. The van der Waals surface area contributed by atoms with Crippen molar-refractivity contribution in [1.82, 2.24) is 14.7 Å². The molecule has 5 heteroatoms. The Morgan fingerprint density at radius 3 is 2.90 bits per heavy atom. The number of imidazole rings is 1. The summed E-state index contributed by atoms with van der Waals surface area (Å²) in [5, 5.41) is 2.38. The molecule has 3 rings (SSSR count). The summed E-state index contributed by atoms with van der Waals surface area (Å²) >= 11 is 0. The highest BCUT2D eigenvalue weighted by Gasteiger charge is 2.30. The van der Waals surface area contributed by atoms with Gasteiger partial charge >= 0.3 is 0 Å². The van der Waals surface area contributed by atoms with Gasteiger partial charge in [0.25, 0.3) is 0 Å². The van der Waals surface area contributed by atoms with Crippen LogP contribution < -0.4 is 5.32 Å². The number of imide groups is 1. The van der Waals surface area contributed by atoms with Gasteiger partial charge in [-0.2, -0.15) is 0 Å². The molecule has 2 amide bonds. The fraction of sp³-hybridized carbons (Fsp3) is 0.400. The zero-order valence-electron chi connectivity index (χ0n) is 11.6. The number of piperidine rings is 1. The molecule has 0 aromatic carbocycles. The van der Waals surface area contributed by atoms with Crippen LogP contribution in [0.4, 0.5) is 0 Å². The maximum atomic E-state index is 11.9. The molecule has 1 aliphatic heterocycles. The minimum atomic E-state index is -0.326. The molecule has 1 unspecified atom stereocenters. The fourth-order valence-corrected chi connectivity index (χ4v) is 2.65. The van der Waals surface area contributed by atoms with Crippen molar-refractivity contribution in [2.75, 3.05) is 0 Å². The number of nitrogens with zero attached hydrogens (tertiary/aromatic N) is 2. The molecule has 0 aliphatic carbocycles. The van der Waals surface area contributed by atoms with E-state index < -0.39 is 0 Å². The lowest BCUT2D eigenvalue weighted by molar-refractivity contribution is -0.134. The smallest absolute Gasteiger partial charge is 0.235 e. The molecule has 0 saturated carbocycles. The molecular weight excluding hydrogens is 254 g/mol. The van der Waals surface area contributed by atoms with Gasteiger partial charge < -0.3 is 4.40 Å². The van der Waals surface area contributed by atoms with Crippen LogP contribution in [-0.2, 0) is 9.59 Å². The van der Waals surface area contributed by atoms with Crippen molar-refractivity contribution in [2.45, 2.75) is 38.5 Å². The molecule has 104 valence electrons. The SMILES string of the molecule is CC(C)c1cccn2cc(C3CCC(=O)NC3=O)nc12. The van der Waals surface area contributed by atoms with Crippen LogP contribution in [0, 0.1) is 0 Å². The van der Waals surface area contributed by atoms with Gasteiger partial charge in [0.05, 0.1) is 11.6 Å². The van der Waals surface area contributed by atoms with E-state index in [0.717, 1.165) is 16.9 Å². The zero-order chi connectivity index (χ0) is 14.3. The second kappa shape index (κ2) is 4.74. The van der Waals surface area contributed by atoms with Crippen molar-refractivity contribution < 1.29 is 9.59 Å². The van der Waals surface area contributed by atoms with Crippen LogP contribution in [-0.4, -0.2) is 21.2 Å². The third-order valence-electron chi connectivity index (χ3n) is 3.75. The van der Waals surface area contributed by atoms with Crippen LogP contribution in [0.5, 0.6) is 0 Å². The molecule has 0 spiro atoms. The quantitative estimate of drug-likeness (QED) is 0.849. The molecule has 5 nitrogen and oxygen atoms in total. The maximum Gasteiger partial charge on any atom is 0.235 e. The van der Waals surface area contributed by atoms with Crippen molar-refractivity contribution in [3.63, 3.8) is 0 Å². The van der Waals surface area contributed by atoms with Gasteiger partial charge in [0, 0.05) is 18.8 Å². The predicted molar refractivity (Wildman–Crippen MR) is 74.4 cm³/mol. The largest absolute Gasteiger partial charge is 0.307 e. The first-order valence-electron chi connectivity index (χ1n) is 6.87. The van der Waals surface area contributed by atoms with E-state index in [4.69, 9.17) is 0 Å². The van der Waals surface area contributed by atoms with Gasteiger partial charge in [0.1, 0.15) is 5.65 Å². The lowest BCUT2D eigenvalue weighted by Gasteiger charge is -2.18. The van der Waals surface area contributed by atoms with E-state index in [2.05, 4.69) is 30.2 Å². The van der Waals surface area contributed by atoms with Crippen LogP contribution in [0.15, 0.2) is 24.5 Å². The number of rotatable bonds is 2. The standard InChI is InChI=1S/C15H17N3O2/c1-9(2)10-4-3-7-18-8-12(16-14(10)18)11-5-6-13(19)17-15(11)20/h3-4,7-9,11H,5-6H2,1-2H3,(H,17,19,20). The molecule has 20 heavy (non-hydrogen) atoms. The molecule has 1 saturated heterocycles. The highest BCUT2D eigenvalue weighted by atomic mass is 16.2. The topological polar surface area (TPSA) is 63.5 Å². The zero-order valence-corrected chi connectivity index (χ0v) is 11.6. The normalized spacial score (nSPS) is 19.6. The average molecular weight is 271 g/mol. The predicted octanol–water partition coefficient (Wildman–Crippen LogP) is 1.98. The molecule has 1 fully saturated rings. The molecular formula is C15H17N3O2. The Morgan fingerprint density at radius 1 is 1.40 bits per heavy atom. The number of aromatic nitrogens is 2. The van der Waals surface area contributed by atoms with E-state index in [9.17, 15) is 9.59 Å². The number of hydrogen-bond acceptors (Lipinski definition) is 3. The van der Waals surface area contributed by atoms with Gasteiger partial charge in [0.15, 0.2) is 0 Å². The molecule has 0 radical (unpaired) electrons. The number of fused-ring (bicyclic) bond motifs is 1. The minimum absolute atomic E-state index is 0.196. The van der Waals surface area contributed by atoms with Gasteiger partial charge in [-0.15, -0.1) is 0 Å². The Hall–Kier alpha value is -2.17. The van der Waals surface area contributed by atoms with E-state index in [1.807, 2.05) is 22.9 Å². The van der Waals surface area contributed by atoms with Crippen LogP contribution >= 0.6 is 0 Å². The Labute approximate surface area is 117 Å². The Morgan fingerprint density at radius 2 is 2.20 bits per heavy atom. The monoisotopic (exact) mass is 271 g/mol. The van der Waals surface area contributed by atoms with Crippen molar-refractivity contribution in [2.24, 2.45) is 0 Å². The first-order chi connectivity index (χ1) is 9.56. The molecule has 3 heterocycles. The van der Waals surface area contributed by atoms with Gasteiger partial charge in [0.2, 0.25) is 11.8 Å². The van der Waals surface area contributed by atoms with E-state index in [1.54, 1.807) is 0 Å². The van der Waals surface area contributed by atoms with Gasteiger partial charge in [-0.3, -0.25) is 14.9 Å². The summed E-state index contributed by atoms with van der Waals surface area (Å²) in [6.07, 6.45) is 4.73. The second-order valence-electron chi connectivity index (χ2n) is 5.52. The van der Waals surface area contributed by atoms with Gasteiger partial charge in [-0.1, -0.05) is 19.9 Å². The first-order valence-corrected chi connectivity index (χ1v) is 6.87. The second-order valence-corrected chi connectivity index (χ2v) is 5.52. The van der Waals surface area contributed by atoms with Crippen LogP contribution in [0.25, 0.3) is 5.65 Å². The fourth-order valence-electron chi connectivity index (χ4n) is 2.65. The van der Waals surface area contributed by atoms with Crippen molar-refractivity contribution in [3.8, 4) is 0 Å². The Kier molecular flexibility index (Phi) is 3.04. The Bertz CT molecular complexity index is 687. The molecule has 2 aromatic rings. The van der Waals surface area contributed by atoms with Crippen LogP contribution in [0.2, 0.25) is 0 Å². The number of hydrogen-bond donors (Lipinski definition) is 1. The first kappa shape index (κ1) is 12.8. The summed E-state index contributed by atoms with van der Waals surface area (Å²) in [7, 11) is 0. The summed E-state index contributed by atoms with van der Waals surface area (Å²) < 4.78 is 1.95. The van der Waals surface area contributed by atoms with E-state index >= 15 is 0 Å². The molecule has 1 atom stereocenters. The number of pyridine rings is 1. The highest BCUT2D eigenvalue weighted by molar-refractivity contribution is 6.00. The number of carbonyl (C=O) groups is 2. The van der Waals surface area contributed by atoms with Crippen LogP contribution in [0.1, 0.15) is 49.8 Å². The summed E-state index contributed by atoms with van der Waals surface area (Å²) in [6, 6.07) is 4.04. The van der Waals surface area contributed by atoms with Gasteiger partial charge in [-0.05, 0) is 24.0 Å². The van der Waals surface area contributed by atoms with Crippen molar-refractivity contribution in [3.05, 3.63) is 35.8 Å². The number of nitrogens with one attached hydrogen (secondary N) is 1. The third kappa shape index (κ3) is 2.09. The van der Waals surface area contributed by atoms with Crippen molar-refractivity contribution >= 4 is 17.5 Å². The van der Waals surface area contributed by atoms with E-state index in [1.165, 1.54) is 0 Å². The number of carbonyl (C=O) groups excluding carboxylic acids is 2. The molecule has 1 N–H and O–H groups in total. The van der Waals surface area contributed by atoms with Crippen molar-refractivity contribution in [1.29, 1.82) is 0 Å². The minimum Gasteiger partial charge on any atom is -0.307 e. The summed E-state index contributed by atoms with van der Waals surface area (Å²) in [4.78, 5) is 27.8. The summed E-state index contributed by atoms with van der Waals surface area (Å²) in [5.41, 5.74) is 2.79. The van der Waals surface area contributed by atoms with Gasteiger partial charge in [-0.25, -0.2) is 4.98 Å². The molecule has 1 aliphatic rings. The summed E-state index contributed by atoms with van der Waals surface area (Å²) in [6.45, 7) is 4.24. The number of amides is 2. The Balaban J connectivity index is 2.03. The lowest BCUT2D eigenvalue weighted by atomic mass is 9.95. The van der Waals surface area contributed by atoms with Crippen LogP contribution in [0.3, 0.4) is 0 Å².